The number of hydrogen-bond acceptors (Lipinski definition) is 11. The van der Waals surface area contributed by atoms with Crippen molar-refractivity contribution in [3.05, 3.63) is 42.7 Å². The van der Waals surface area contributed by atoms with Gasteiger partial charge in [-0.05, 0) is 51.7 Å². The molecule has 1 saturated heterocycles. The molecule has 1 fully saturated rings. The molecule has 54 heavy (non-hydrogen) atoms. The Hall–Kier alpha value is -3.16. The van der Waals surface area contributed by atoms with Crippen molar-refractivity contribution in [2.24, 2.45) is 0 Å². The molecule has 0 aliphatic carbocycles. The first-order valence-corrected chi connectivity index (χ1v) is 21.5. The largest absolute Gasteiger partial charge is 0.461 e. The number of aliphatic hydroxyl groups is 1. The Morgan fingerprint density at radius 3 is 2.22 bits per heavy atom. The number of rotatable bonds is 26. The van der Waals surface area contributed by atoms with Gasteiger partial charge in [0.15, 0.2) is 17.0 Å². The summed E-state index contributed by atoms with van der Waals surface area (Å²) in [5.74, 6) is -0.416. The van der Waals surface area contributed by atoms with Crippen LogP contribution in [0.5, 0.6) is 5.75 Å². The van der Waals surface area contributed by atoms with Gasteiger partial charge < -0.3 is 24.8 Å². The van der Waals surface area contributed by atoms with E-state index in [4.69, 9.17) is 24.3 Å². The lowest BCUT2D eigenvalue weighted by Crippen LogP contribution is -2.42. The number of hydrogen-bond donors (Lipinski definition) is 3. The number of aromatic nitrogens is 4. The van der Waals surface area contributed by atoms with Gasteiger partial charge in [-0.15, -0.1) is 0 Å². The second-order valence-electron chi connectivity index (χ2n) is 14.7. The van der Waals surface area contributed by atoms with Crippen molar-refractivity contribution in [2.75, 3.05) is 12.3 Å². The molecule has 15 heteroatoms. The Morgan fingerprint density at radius 1 is 1.02 bits per heavy atom. The number of carbonyl (C=O) groups is 1. The van der Waals surface area contributed by atoms with Crippen LogP contribution >= 0.6 is 7.75 Å². The molecule has 0 saturated carbocycles. The van der Waals surface area contributed by atoms with Crippen LogP contribution in [-0.2, 0) is 23.4 Å². The summed E-state index contributed by atoms with van der Waals surface area (Å²) < 4.78 is 54.0. The van der Waals surface area contributed by atoms with E-state index in [1.54, 1.807) is 44.2 Å². The second kappa shape index (κ2) is 21.8. The molecule has 4 N–H and O–H groups in total. The molecule has 302 valence electrons. The van der Waals surface area contributed by atoms with Gasteiger partial charge in [0.1, 0.15) is 29.7 Å². The van der Waals surface area contributed by atoms with Crippen LogP contribution in [0.3, 0.4) is 0 Å². The van der Waals surface area contributed by atoms with Crippen molar-refractivity contribution >= 4 is 30.7 Å². The van der Waals surface area contributed by atoms with Crippen LogP contribution < -0.4 is 15.3 Å². The number of fused-ring (bicyclic) bond motifs is 1. The van der Waals surface area contributed by atoms with Crippen molar-refractivity contribution in [2.45, 2.75) is 167 Å². The molecule has 1 aliphatic rings. The highest BCUT2D eigenvalue weighted by Gasteiger charge is 2.48. The monoisotopic (exact) mass is 776 g/mol. The second-order valence-corrected chi connectivity index (χ2v) is 16.4. The Labute approximate surface area is 319 Å². The van der Waals surface area contributed by atoms with E-state index in [0.29, 0.717) is 0 Å². The quantitative estimate of drug-likeness (QED) is 0.0306. The first-order valence-electron chi connectivity index (χ1n) is 20.0. The van der Waals surface area contributed by atoms with Gasteiger partial charge in [-0.1, -0.05) is 109 Å². The van der Waals surface area contributed by atoms with Gasteiger partial charge in [-0.3, -0.25) is 13.9 Å². The average Bonchev–Trinajstić information content (AvgIpc) is 3.70. The van der Waals surface area contributed by atoms with Crippen LogP contribution in [0.25, 0.3) is 11.2 Å². The highest BCUT2D eigenvalue weighted by atomic mass is 31.2. The number of imidazole rings is 1. The molecule has 13 nitrogen and oxygen atoms in total. The molecule has 0 radical (unpaired) electrons. The molecule has 1 aromatic carbocycles. The SMILES string of the molecule is CCCCCCCCCC(CCCCCCCCC)OC(=O)[C@H](C)N[P@](=O)(OC[C@@]1(C)O[C@@H](n2cnc3c(N)nc(F)nc32)C[C@@H]1O)Oc1ccccc1. The van der Waals surface area contributed by atoms with Crippen molar-refractivity contribution < 1.29 is 37.4 Å². The van der Waals surface area contributed by atoms with Crippen LogP contribution in [0.15, 0.2) is 36.7 Å². The summed E-state index contributed by atoms with van der Waals surface area (Å²) in [7, 11) is -4.28. The van der Waals surface area contributed by atoms with E-state index in [9.17, 15) is 18.9 Å². The number of nitrogen functional groups attached to an aromatic ring is 1. The summed E-state index contributed by atoms with van der Waals surface area (Å²) in [5, 5.41) is 13.9. The predicted octanol–water partition coefficient (Wildman–Crippen LogP) is 8.96. The molecular weight excluding hydrogens is 714 g/mol. The van der Waals surface area contributed by atoms with E-state index in [2.05, 4.69) is 33.9 Å². The molecule has 3 aromatic rings. The van der Waals surface area contributed by atoms with Crippen LogP contribution in [0.4, 0.5) is 10.2 Å². The molecule has 2 aromatic heterocycles. The van der Waals surface area contributed by atoms with Crippen molar-refractivity contribution in [3.8, 4) is 5.75 Å². The Kier molecular flexibility index (Phi) is 17.6. The van der Waals surface area contributed by atoms with E-state index >= 15 is 0 Å². The summed E-state index contributed by atoms with van der Waals surface area (Å²) in [5.41, 5.74) is 4.73. The van der Waals surface area contributed by atoms with Crippen LogP contribution in [0.1, 0.15) is 143 Å². The van der Waals surface area contributed by atoms with E-state index < -0.39 is 43.8 Å². The fourth-order valence-corrected chi connectivity index (χ4v) is 8.28. The van der Waals surface area contributed by atoms with Crippen LogP contribution in [0, 0.1) is 6.08 Å². The number of unbranched alkanes of at least 4 members (excludes halogenated alkanes) is 12. The maximum absolute atomic E-state index is 14.4. The van der Waals surface area contributed by atoms with E-state index in [0.717, 1.165) is 38.5 Å². The lowest BCUT2D eigenvalue weighted by molar-refractivity contribution is -0.151. The molecule has 0 unspecified atom stereocenters. The highest BCUT2D eigenvalue weighted by molar-refractivity contribution is 7.52. The number of nitrogens with zero attached hydrogens (tertiary/aromatic N) is 4. The topological polar surface area (TPSA) is 173 Å². The van der Waals surface area contributed by atoms with E-state index in [1.807, 2.05) is 0 Å². The van der Waals surface area contributed by atoms with Gasteiger partial charge in [-0.2, -0.15) is 19.4 Å². The first kappa shape index (κ1) is 43.6. The average molecular weight is 777 g/mol. The van der Waals surface area contributed by atoms with Crippen LogP contribution in [0.2, 0.25) is 0 Å². The lowest BCUT2D eigenvalue weighted by atomic mass is 10.0. The zero-order valence-electron chi connectivity index (χ0n) is 32.6. The van der Waals surface area contributed by atoms with E-state index in [1.165, 1.54) is 75.1 Å². The number of aliphatic hydroxyl groups excluding tert-OH is 1. The summed E-state index contributed by atoms with van der Waals surface area (Å²) >= 11 is 0. The van der Waals surface area contributed by atoms with Gasteiger partial charge in [0.25, 0.3) is 0 Å². The number of esters is 1. The molecule has 0 spiro atoms. The fraction of sp³-hybridized carbons (Fsp3) is 0.692. The standard InChI is InChI=1S/C39H62FN6O7P/c1-5-7-9-11-13-15-18-22-30(23-19-16-14-12-10-8-6-2)51-37(48)29(3)45-54(49,53-31-24-20-17-21-25-31)50-27-39(4)32(47)26-33(52-39)46-28-42-34-35(41)43-38(40)44-36(34)46/h17,20-21,24-25,28-30,32-33,47H,5-16,18-19,22-23,26-27H2,1-4H3,(H,45,49)(H2,41,43,44)/t29-,32-,33+,39+,54-/m0/s1. The Morgan fingerprint density at radius 2 is 1.61 bits per heavy atom. The molecule has 0 bridgehead atoms. The van der Waals surface area contributed by atoms with Crippen molar-refractivity contribution in [1.82, 2.24) is 24.6 Å². The summed E-state index contributed by atoms with van der Waals surface area (Å²) in [6.07, 6.45) is 16.2. The molecule has 5 atom stereocenters. The minimum absolute atomic E-state index is 0.0652. The molecule has 4 rings (SSSR count). The van der Waals surface area contributed by atoms with Crippen LogP contribution in [-0.4, -0.2) is 61.1 Å². The Balaban J connectivity index is 1.40. The first-order chi connectivity index (χ1) is 26.0. The maximum Gasteiger partial charge on any atom is 0.459 e. The maximum atomic E-state index is 14.4. The third-order valence-corrected chi connectivity index (χ3v) is 11.6. The van der Waals surface area contributed by atoms with Gasteiger partial charge in [0, 0.05) is 6.42 Å². The minimum atomic E-state index is -4.28. The molecular formula is C39H62FN6O7P. The normalized spacial score (nSPS) is 20.4. The number of carbonyl (C=O) groups excluding carboxylic acids is 1. The Bertz CT molecular complexity index is 1600. The number of para-hydroxylation sites is 1. The van der Waals surface area contributed by atoms with Crippen molar-refractivity contribution in [1.29, 1.82) is 0 Å². The number of nitrogens with two attached hydrogens (primary N) is 1. The zero-order valence-corrected chi connectivity index (χ0v) is 33.5. The van der Waals surface area contributed by atoms with Crippen molar-refractivity contribution in [3.63, 3.8) is 0 Å². The number of anilines is 1. The van der Waals surface area contributed by atoms with Gasteiger partial charge in [0.05, 0.1) is 19.0 Å². The number of nitrogens with one attached hydrogen (secondary N) is 1. The number of halogens is 1. The smallest absolute Gasteiger partial charge is 0.459 e. The van der Waals surface area contributed by atoms with Gasteiger partial charge in [-0.25, -0.2) is 9.55 Å². The third-order valence-electron chi connectivity index (χ3n) is 10.0. The third kappa shape index (κ3) is 13.3. The molecule has 0 amide bonds. The lowest BCUT2D eigenvalue weighted by Gasteiger charge is -2.30. The fourth-order valence-electron chi connectivity index (χ4n) is 6.70. The zero-order chi connectivity index (χ0) is 39.0. The predicted molar refractivity (Wildman–Crippen MR) is 207 cm³/mol. The number of ether oxygens (including phenoxy) is 2. The minimum Gasteiger partial charge on any atom is -0.461 e. The van der Waals surface area contributed by atoms with E-state index in [-0.39, 0.29) is 41.9 Å². The summed E-state index contributed by atoms with van der Waals surface area (Å²) in [6.45, 7) is 7.21. The highest BCUT2D eigenvalue weighted by Crippen LogP contribution is 2.48. The molecule has 1 aliphatic heterocycles. The van der Waals surface area contributed by atoms with Gasteiger partial charge >= 0.3 is 19.8 Å². The van der Waals surface area contributed by atoms with Gasteiger partial charge in [0.2, 0.25) is 0 Å². The number of benzene rings is 1. The molecule has 3 heterocycles. The summed E-state index contributed by atoms with van der Waals surface area (Å²) in [4.78, 5) is 25.1. The summed E-state index contributed by atoms with van der Waals surface area (Å²) in [6, 6.07) is 7.43.